The number of rotatable bonds is 5. The lowest BCUT2D eigenvalue weighted by Crippen LogP contribution is -2.01. The van der Waals surface area contributed by atoms with E-state index in [1.165, 1.54) is 0 Å². The summed E-state index contributed by atoms with van der Waals surface area (Å²) in [5.74, 6) is 2.44. The number of anilines is 1. The average molecular weight is 343 g/mol. The Morgan fingerprint density at radius 2 is 1.96 bits per heavy atom. The number of H-pyrrole nitrogens is 1. The summed E-state index contributed by atoms with van der Waals surface area (Å²) in [4.78, 5) is 7.92. The van der Waals surface area contributed by atoms with Crippen molar-refractivity contribution in [3.63, 3.8) is 0 Å². The van der Waals surface area contributed by atoms with Gasteiger partial charge in [-0.2, -0.15) is 0 Å². The van der Waals surface area contributed by atoms with Gasteiger partial charge >= 0.3 is 0 Å². The first-order chi connectivity index (χ1) is 11.5. The number of fused-ring (bicyclic) bond motifs is 1. The van der Waals surface area contributed by atoms with E-state index in [4.69, 9.17) is 15.2 Å². The van der Waals surface area contributed by atoms with Gasteiger partial charge < -0.3 is 20.2 Å². The molecule has 0 fully saturated rings. The first-order valence-electron chi connectivity index (χ1n) is 7.62. The summed E-state index contributed by atoms with van der Waals surface area (Å²) in [5.41, 5.74) is 12.1. The van der Waals surface area contributed by atoms with E-state index >= 15 is 0 Å². The zero-order valence-corrected chi connectivity index (χ0v) is 15.1. The maximum absolute atomic E-state index is 6.21. The fourth-order valence-corrected chi connectivity index (χ4v) is 3.85. The van der Waals surface area contributed by atoms with Crippen molar-refractivity contribution in [1.29, 1.82) is 0 Å². The van der Waals surface area contributed by atoms with E-state index in [2.05, 4.69) is 9.97 Å². The Kier molecular flexibility index (Phi) is 4.57. The number of imidazole rings is 1. The number of aryl methyl sites for hydroxylation is 1. The molecule has 24 heavy (non-hydrogen) atoms. The summed E-state index contributed by atoms with van der Waals surface area (Å²) in [6.45, 7) is 4.05. The van der Waals surface area contributed by atoms with Crippen LogP contribution in [-0.2, 0) is 5.75 Å². The second-order valence-corrected chi connectivity index (χ2v) is 6.60. The Bertz CT molecular complexity index is 890. The molecule has 0 radical (unpaired) electrons. The van der Waals surface area contributed by atoms with Crippen molar-refractivity contribution in [1.82, 2.24) is 9.97 Å². The van der Waals surface area contributed by atoms with E-state index in [-0.39, 0.29) is 0 Å². The topological polar surface area (TPSA) is 73.2 Å². The second kappa shape index (κ2) is 6.65. The molecule has 2 aromatic carbocycles. The average Bonchev–Trinajstić information content (AvgIpc) is 2.96. The van der Waals surface area contributed by atoms with Crippen LogP contribution in [0.5, 0.6) is 11.5 Å². The van der Waals surface area contributed by atoms with Crippen molar-refractivity contribution in [2.45, 2.75) is 24.8 Å². The Hall–Kier alpha value is -2.34. The molecule has 3 aromatic rings. The molecule has 5 nitrogen and oxygen atoms in total. The molecule has 0 saturated carbocycles. The van der Waals surface area contributed by atoms with E-state index in [9.17, 15) is 0 Å². The summed E-state index contributed by atoms with van der Waals surface area (Å²) < 4.78 is 10.7. The Morgan fingerprint density at radius 1 is 1.17 bits per heavy atom. The van der Waals surface area contributed by atoms with Crippen LogP contribution in [0.1, 0.15) is 16.7 Å². The third kappa shape index (κ3) is 3.01. The summed E-state index contributed by atoms with van der Waals surface area (Å²) in [6, 6.07) is 7.76. The van der Waals surface area contributed by atoms with Gasteiger partial charge in [-0.05, 0) is 48.7 Å². The standard InChI is InChI=1S/C18H21N3O2S/c1-10-7-14(19)13(11(2)17(10)23-4)9-24-18-20-15-6-5-12(22-3)8-16(15)21-18/h5-8H,9,19H2,1-4H3,(H,20,21). The van der Waals surface area contributed by atoms with E-state index in [0.717, 1.165) is 55.8 Å². The van der Waals surface area contributed by atoms with Crippen LogP contribution in [0.4, 0.5) is 5.69 Å². The number of thioether (sulfide) groups is 1. The van der Waals surface area contributed by atoms with Crippen LogP contribution in [0, 0.1) is 13.8 Å². The number of nitrogens with two attached hydrogens (primary N) is 1. The van der Waals surface area contributed by atoms with Crippen molar-refractivity contribution in [2.24, 2.45) is 0 Å². The monoisotopic (exact) mass is 343 g/mol. The Labute approximate surface area is 145 Å². The van der Waals surface area contributed by atoms with Gasteiger partial charge in [0.2, 0.25) is 0 Å². The zero-order chi connectivity index (χ0) is 17.3. The quantitative estimate of drug-likeness (QED) is 0.539. The lowest BCUT2D eigenvalue weighted by molar-refractivity contribution is 0.408. The number of nitrogens with one attached hydrogen (secondary N) is 1. The molecular formula is C18H21N3O2S. The molecule has 0 unspecified atom stereocenters. The summed E-state index contributed by atoms with van der Waals surface area (Å²) in [7, 11) is 3.35. The van der Waals surface area contributed by atoms with Crippen LogP contribution in [0.15, 0.2) is 29.4 Å². The van der Waals surface area contributed by atoms with Gasteiger partial charge in [0.15, 0.2) is 5.16 Å². The molecule has 1 aromatic heterocycles. The highest BCUT2D eigenvalue weighted by Crippen LogP contribution is 2.34. The Morgan fingerprint density at radius 3 is 2.67 bits per heavy atom. The number of nitrogens with zero attached hydrogens (tertiary/aromatic N) is 1. The van der Waals surface area contributed by atoms with Crippen LogP contribution < -0.4 is 15.2 Å². The van der Waals surface area contributed by atoms with Gasteiger partial charge in [0.25, 0.3) is 0 Å². The molecule has 0 atom stereocenters. The predicted octanol–water partition coefficient (Wildman–Crippen LogP) is 4.07. The van der Waals surface area contributed by atoms with Crippen LogP contribution >= 0.6 is 11.8 Å². The van der Waals surface area contributed by atoms with Gasteiger partial charge in [0.05, 0.1) is 25.3 Å². The third-order valence-electron chi connectivity index (χ3n) is 4.10. The second-order valence-electron chi connectivity index (χ2n) is 5.63. The smallest absolute Gasteiger partial charge is 0.166 e. The molecule has 0 aliphatic carbocycles. The number of methoxy groups -OCH3 is 2. The van der Waals surface area contributed by atoms with Crippen LogP contribution in [-0.4, -0.2) is 24.2 Å². The largest absolute Gasteiger partial charge is 0.497 e. The lowest BCUT2D eigenvalue weighted by atomic mass is 10.0. The first kappa shape index (κ1) is 16.5. The number of nitrogen functional groups attached to an aromatic ring is 1. The number of hydrogen-bond donors (Lipinski definition) is 2. The van der Waals surface area contributed by atoms with Gasteiger partial charge in [-0.15, -0.1) is 0 Å². The summed E-state index contributed by atoms with van der Waals surface area (Å²) in [6.07, 6.45) is 0. The SMILES string of the molecule is COc1ccc2nc(SCc3c(N)cc(C)c(OC)c3C)[nH]c2c1. The van der Waals surface area contributed by atoms with E-state index in [0.29, 0.717) is 0 Å². The number of ether oxygens (including phenoxy) is 2. The van der Waals surface area contributed by atoms with Crippen molar-refractivity contribution >= 4 is 28.5 Å². The molecule has 3 rings (SSSR count). The molecule has 0 aliphatic rings. The van der Waals surface area contributed by atoms with Gasteiger partial charge in [-0.25, -0.2) is 4.98 Å². The van der Waals surface area contributed by atoms with Gasteiger partial charge in [0.1, 0.15) is 11.5 Å². The highest BCUT2D eigenvalue weighted by atomic mass is 32.2. The van der Waals surface area contributed by atoms with Gasteiger partial charge in [-0.3, -0.25) is 0 Å². The number of aromatic amines is 1. The highest BCUT2D eigenvalue weighted by molar-refractivity contribution is 7.98. The highest BCUT2D eigenvalue weighted by Gasteiger charge is 2.13. The molecule has 1 heterocycles. The van der Waals surface area contributed by atoms with Gasteiger partial charge in [-0.1, -0.05) is 11.8 Å². The first-order valence-corrected chi connectivity index (χ1v) is 8.61. The minimum absolute atomic E-state index is 0.727. The predicted molar refractivity (Wildman–Crippen MR) is 99.1 cm³/mol. The lowest BCUT2D eigenvalue weighted by Gasteiger charge is -2.15. The summed E-state index contributed by atoms with van der Waals surface area (Å²) >= 11 is 1.62. The van der Waals surface area contributed by atoms with Crippen molar-refractivity contribution < 1.29 is 9.47 Å². The minimum atomic E-state index is 0.727. The molecular weight excluding hydrogens is 322 g/mol. The normalized spacial score (nSPS) is 11.0. The summed E-state index contributed by atoms with van der Waals surface area (Å²) in [5, 5.41) is 0.858. The van der Waals surface area contributed by atoms with E-state index in [1.54, 1.807) is 26.0 Å². The minimum Gasteiger partial charge on any atom is -0.497 e. The fourth-order valence-electron chi connectivity index (χ4n) is 2.84. The van der Waals surface area contributed by atoms with Crippen molar-refractivity contribution in [2.75, 3.05) is 20.0 Å². The van der Waals surface area contributed by atoms with Crippen LogP contribution in [0.3, 0.4) is 0 Å². The fraction of sp³-hybridized carbons (Fsp3) is 0.278. The molecule has 6 heteroatoms. The molecule has 126 valence electrons. The maximum atomic E-state index is 6.21. The van der Waals surface area contributed by atoms with Gasteiger partial charge in [0, 0.05) is 17.5 Å². The maximum Gasteiger partial charge on any atom is 0.166 e. The van der Waals surface area contributed by atoms with Crippen molar-refractivity contribution in [3.05, 3.63) is 41.0 Å². The van der Waals surface area contributed by atoms with Crippen LogP contribution in [0.25, 0.3) is 11.0 Å². The molecule has 0 amide bonds. The van der Waals surface area contributed by atoms with E-state index in [1.807, 2.05) is 38.1 Å². The molecule has 0 aliphatic heterocycles. The number of aromatic nitrogens is 2. The number of benzene rings is 2. The molecule has 0 bridgehead atoms. The molecule has 0 saturated heterocycles. The molecule has 3 N–H and O–H groups in total. The number of hydrogen-bond acceptors (Lipinski definition) is 5. The van der Waals surface area contributed by atoms with Crippen molar-refractivity contribution in [3.8, 4) is 11.5 Å². The Balaban J connectivity index is 1.86. The molecule has 0 spiro atoms. The van der Waals surface area contributed by atoms with Crippen LogP contribution in [0.2, 0.25) is 0 Å². The van der Waals surface area contributed by atoms with E-state index < -0.39 is 0 Å². The zero-order valence-electron chi connectivity index (χ0n) is 14.3. The third-order valence-corrected chi connectivity index (χ3v) is 5.00.